The standard InChI is InChI=1S/C11H15N5/c1-2-5-10-11(12)14-15-16(10)8-9-6-3-4-7-13-9/h3-4,6-7H,2,5,8,12H2,1H3. The Bertz CT molecular complexity index is 449. The van der Waals surface area contributed by atoms with Crippen LogP contribution in [0.1, 0.15) is 24.7 Å². The zero-order chi connectivity index (χ0) is 11.4. The minimum absolute atomic E-state index is 0.526. The lowest BCUT2D eigenvalue weighted by atomic mass is 10.2. The Morgan fingerprint density at radius 1 is 1.38 bits per heavy atom. The van der Waals surface area contributed by atoms with E-state index in [1.807, 2.05) is 22.9 Å². The molecule has 16 heavy (non-hydrogen) atoms. The van der Waals surface area contributed by atoms with E-state index in [4.69, 9.17) is 5.73 Å². The highest BCUT2D eigenvalue weighted by atomic mass is 15.4. The highest BCUT2D eigenvalue weighted by Crippen LogP contribution is 2.11. The first kappa shape index (κ1) is 10.6. The van der Waals surface area contributed by atoms with Crippen molar-refractivity contribution in [3.05, 3.63) is 35.8 Å². The maximum Gasteiger partial charge on any atom is 0.169 e. The molecule has 0 atom stereocenters. The van der Waals surface area contributed by atoms with Gasteiger partial charge in [0.1, 0.15) is 0 Å². The number of pyridine rings is 1. The molecule has 2 aromatic rings. The summed E-state index contributed by atoms with van der Waals surface area (Å²) in [5.41, 5.74) is 7.72. The van der Waals surface area contributed by atoms with E-state index in [1.54, 1.807) is 6.20 Å². The molecular formula is C11H15N5. The van der Waals surface area contributed by atoms with Crippen LogP contribution >= 0.6 is 0 Å². The first-order valence-corrected chi connectivity index (χ1v) is 5.39. The first-order chi connectivity index (χ1) is 7.81. The average molecular weight is 217 g/mol. The van der Waals surface area contributed by atoms with Crippen molar-refractivity contribution in [1.29, 1.82) is 0 Å². The Hall–Kier alpha value is -1.91. The molecule has 0 aliphatic rings. The number of hydrogen-bond acceptors (Lipinski definition) is 4. The third-order valence-electron chi connectivity index (χ3n) is 2.39. The van der Waals surface area contributed by atoms with Crippen molar-refractivity contribution in [3.63, 3.8) is 0 Å². The highest BCUT2D eigenvalue weighted by molar-refractivity contribution is 5.33. The molecule has 0 saturated heterocycles. The van der Waals surface area contributed by atoms with Crippen LogP contribution in [0.25, 0.3) is 0 Å². The van der Waals surface area contributed by atoms with E-state index >= 15 is 0 Å². The number of anilines is 1. The number of aromatic nitrogens is 4. The third-order valence-corrected chi connectivity index (χ3v) is 2.39. The molecular weight excluding hydrogens is 202 g/mol. The van der Waals surface area contributed by atoms with Gasteiger partial charge in [0.05, 0.1) is 17.9 Å². The molecule has 2 rings (SSSR count). The van der Waals surface area contributed by atoms with Gasteiger partial charge in [-0.25, -0.2) is 4.68 Å². The van der Waals surface area contributed by atoms with Crippen LogP contribution in [0, 0.1) is 0 Å². The zero-order valence-corrected chi connectivity index (χ0v) is 9.30. The number of nitrogens with zero attached hydrogens (tertiary/aromatic N) is 4. The molecule has 0 aliphatic heterocycles. The third kappa shape index (κ3) is 2.18. The Labute approximate surface area is 94.3 Å². The van der Waals surface area contributed by atoms with Gasteiger partial charge in [-0.2, -0.15) is 0 Å². The number of nitrogen functional groups attached to an aromatic ring is 1. The van der Waals surface area contributed by atoms with Gasteiger partial charge < -0.3 is 5.73 Å². The second-order valence-electron chi connectivity index (χ2n) is 3.65. The van der Waals surface area contributed by atoms with Crippen LogP contribution in [-0.2, 0) is 13.0 Å². The molecule has 0 spiro atoms. The molecule has 0 fully saturated rings. The Kier molecular flexibility index (Phi) is 3.14. The summed E-state index contributed by atoms with van der Waals surface area (Å²) < 4.78 is 1.82. The number of hydrogen-bond donors (Lipinski definition) is 1. The number of nitrogens with two attached hydrogens (primary N) is 1. The van der Waals surface area contributed by atoms with Gasteiger partial charge >= 0.3 is 0 Å². The van der Waals surface area contributed by atoms with Crippen molar-refractivity contribution >= 4 is 5.82 Å². The lowest BCUT2D eigenvalue weighted by molar-refractivity contribution is 0.604. The molecule has 5 heteroatoms. The smallest absolute Gasteiger partial charge is 0.169 e. The summed E-state index contributed by atoms with van der Waals surface area (Å²) in [5, 5.41) is 7.93. The SMILES string of the molecule is CCCc1c(N)nnn1Cc1ccccn1. The molecule has 84 valence electrons. The fraction of sp³-hybridized carbons (Fsp3) is 0.364. The molecule has 0 saturated carbocycles. The maximum atomic E-state index is 5.77. The van der Waals surface area contributed by atoms with Crippen LogP contribution in [-0.4, -0.2) is 20.0 Å². The Morgan fingerprint density at radius 3 is 2.94 bits per heavy atom. The van der Waals surface area contributed by atoms with E-state index in [0.717, 1.165) is 24.2 Å². The van der Waals surface area contributed by atoms with Gasteiger partial charge in [0.2, 0.25) is 0 Å². The summed E-state index contributed by atoms with van der Waals surface area (Å²) in [6.07, 6.45) is 3.70. The fourth-order valence-electron chi connectivity index (χ4n) is 1.61. The number of rotatable bonds is 4. The van der Waals surface area contributed by atoms with Crippen LogP contribution in [0.4, 0.5) is 5.82 Å². The van der Waals surface area contributed by atoms with Crippen molar-refractivity contribution in [2.45, 2.75) is 26.3 Å². The zero-order valence-electron chi connectivity index (χ0n) is 9.30. The van der Waals surface area contributed by atoms with Gasteiger partial charge in [-0.05, 0) is 18.6 Å². The summed E-state index contributed by atoms with van der Waals surface area (Å²) in [7, 11) is 0. The summed E-state index contributed by atoms with van der Waals surface area (Å²) in [6, 6.07) is 5.82. The molecule has 0 bridgehead atoms. The summed E-state index contributed by atoms with van der Waals surface area (Å²) >= 11 is 0. The monoisotopic (exact) mass is 217 g/mol. The molecule has 0 unspecified atom stereocenters. The topological polar surface area (TPSA) is 69.6 Å². The molecule has 0 radical (unpaired) electrons. The normalized spacial score (nSPS) is 10.6. The van der Waals surface area contributed by atoms with E-state index in [9.17, 15) is 0 Å². The maximum absolute atomic E-state index is 5.77. The predicted octanol–water partition coefficient (Wildman–Crippen LogP) is 1.26. The molecule has 5 nitrogen and oxygen atoms in total. The van der Waals surface area contributed by atoms with Crippen molar-refractivity contribution in [2.24, 2.45) is 0 Å². The van der Waals surface area contributed by atoms with Gasteiger partial charge in [-0.3, -0.25) is 4.98 Å². The van der Waals surface area contributed by atoms with Crippen LogP contribution in [0.15, 0.2) is 24.4 Å². The second-order valence-corrected chi connectivity index (χ2v) is 3.65. The van der Waals surface area contributed by atoms with Gasteiger partial charge in [-0.1, -0.05) is 24.6 Å². The molecule has 2 N–H and O–H groups in total. The molecule has 2 heterocycles. The molecule has 0 aromatic carbocycles. The van der Waals surface area contributed by atoms with Gasteiger partial charge in [0, 0.05) is 6.20 Å². The van der Waals surface area contributed by atoms with Crippen LogP contribution in [0.3, 0.4) is 0 Å². The second kappa shape index (κ2) is 4.74. The van der Waals surface area contributed by atoms with E-state index < -0.39 is 0 Å². The average Bonchev–Trinajstić information content (AvgIpc) is 2.64. The predicted molar refractivity (Wildman–Crippen MR) is 61.8 cm³/mol. The molecule has 2 aromatic heterocycles. The minimum Gasteiger partial charge on any atom is -0.381 e. The lowest BCUT2D eigenvalue weighted by Gasteiger charge is -2.04. The Balaban J connectivity index is 2.21. The minimum atomic E-state index is 0.526. The Morgan fingerprint density at radius 2 is 2.25 bits per heavy atom. The van der Waals surface area contributed by atoms with Crippen LogP contribution in [0.5, 0.6) is 0 Å². The summed E-state index contributed by atoms with van der Waals surface area (Å²) in [5.74, 6) is 0.526. The van der Waals surface area contributed by atoms with Gasteiger partial charge in [0.25, 0.3) is 0 Å². The first-order valence-electron chi connectivity index (χ1n) is 5.39. The van der Waals surface area contributed by atoms with Crippen LogP contribution < -0.4 is 5.73 Å². The summed E-state index contributed by atoms with van der Waals surface area (Å²) in [6.45, 7) is 2.73. The van der Waals surface area contributed by atoms with Crippen molar-refractivity contribution < 1.29 is 0 Å². The van der Waals surface area contributed by atoms with Crippen molar-refractivity contribution in [3.8, 4) is 0 Å². The van der Waals surface area contributed by atoms with E-state index in [0.29, 0.717) is 12.4 Å². The quantitative estimate of drug-likeness (QED) is 0.837. The van der Waals surface area contributed by atoms with Gasteiger partial charge in [0.15, 0.2) is 5.82 Å². The van der Waals surface area contributed by atoms with E-state index in [-0.39, 0.29) is 0 Å². The highest BCUT2D eigenvalue weighted by Gasteiger charge is 2.09. The largest absolute Gasteiger partial charge is 0.381 e. The fourth-order valence-corrected chi connectivity index (χ4v) is 1.61. The van der Waals surface area contributed by atoms with Crippen molar-refractivity contribution in [1.82, 2.24) is 20.0 Å². The van der Waals surface area contributed by atoms with Crippen molar-refractivity contribution in [2.75, 3.05) is 5.73 Å². The van der Waals surface area contributed by atoms with E-state index in [2.05, 4.69) is 22.2 Å². The molecule has 0 amide bonds. The lowest BCUT2D eigenvalue weighted by Crippen LogP contribution is -2.08. The van der Waals surface area contributed by atoms with Crippen LogP contribution in [0.2, 0.25) is 0 Å². The molecule has 0 aliphatic carbocycles. The summed E-state index contributed by atoms with van der Waals surface area (Å²) in [4.78, 5) is 4.26. The van der Waals surface area contributed by atoms with Gasteiger partial charge in [-0.15, -0.1) is 5.10 Å². The van der Waals surface area contributed by atoms with E-state index in [1.165, 1.54) is 0 Å².